The Morgan fingerprint density at radius 3 is 2.71 bits per heavy atom. The van der Waals surface area contributed by atoms with Crippen LogP contribution >= 0.6 is 54.8 Å². The van der Waals surface area contributed by atoms with Gasteiger partial charge in [0.1, 0.15) is 5.82 Å². The SMILES string of the molecule is ClCCc1nc2ccc(Br)cc2n1CCc1ccc(Br)s1. The Kier molecular flexibility index (Phi) is 5.04. The van der Waals surface area contributed by atoms with E-state index in [-0.39, 0.29) is 0 Å². The van der Waals surface area contributed by atoms with Crippen molar-refractivity contribution < 1.29 is 0 Å². The van der Waals surface area contributed by atoms with Crippen LogP contribution in [0.25, 0.3) is 11.0 Å². The lowest BCUT2D eigenvalue weighted by Crippen LogP contribution is -2.06. The Morgan fingerprint density at radius 1 is 1.14 bits per heavy atom. The highest BCUT2D eigenvalue weighted by Crippen LogP contribution is 2.25. The van der Waals surface area contributed by atoms with Gasteiger partial charge in [0.05, 0.1) is 14.8 Å². The molecular weight excluding hydrogens is 436 g/mol. The number of fused-ring (bicyclic) bond motifs is 1. The van der Waals surface area contributed by atoms with Crippen molar-refractivity contribution in [2.45, 2.75) is 19.4 Å². The minimum atomic E-state index is 0.592. The topological polar surface area (TPSA) is 17.8 Å². The minimum absolute atomic E-state index is 0.592. The molecule has 0 aliphatic carbocycles. The van der Waals surface area contributed by atoms with E-state index in [0.717, 1.165) is 35.2 Å². The highest BCUT2D eigenvalue weighted by Gasteiger charge is 2.11. The molecule has 0 atom stereocenters. The number of nitrogens with zero attached hydrogens (tertiary/aromatic N) is 2. The van der Waals surface area contributed by atoms with Crippen LogP contribution in [0.3, 0.4) is 0 Å². The van der Waals surface area contributed by atoms with Gasteiger partial charge in [0.25, 0.3) is 0 Å². The smallest absolute Gasteiger partial charge is 0.111 e. The number of halogens is 3. The van der Waals surface area contributed by atoms with E-state index in [1.165, 1.54) is 14.2 Å². The average molecular weight is 449 g/mol. The molecule has 0 amide bonds. The summed E-state index contributed by atoms with van der Waals surface area (Å²) in [6.07, 6.45) is 1.80. The maximum absolute atomic E-state index is 5.92. The zero-order chi connectivity index (χ0) is 14.8. The van der Waals surface area contributed by atoms with Crippen LogP contribution in [-0.4, -0.2) is 15.4 Å². The van der Waals surface area contributed by atoms with Gasteiger partial charge in [-0.05, 0) is 52.7 Å². The van der Waals surface area contributed by atoms with Crippen molar-refractivity contribution >= 4 is 65.8 Å². The first-order chi connectivity index (χ1) is 10.2. The number of benzene rings is 1. The second-order valence-electron chi connectivity index (χ2n) is 4.71. The summed E-state index contributed by atoms with van der Waals surface area (Å²) in [4.78, 5) is 6.08. The summed E-state index contributed by atoms with van der Waals surface area (Å²) < 4.78 is 4.54. The third-order valence-electron chi connectivity index (χ3n) is 3.32. The van der Waals surface area contributed by atoms with Crippen LogP contribution in [0.15, 0.2) is 38.6 Å². The second kappa shape index (κ2) is 6.82. The fraction of sp³-hybridized carbons (Fsp3) is 0.267. The summed E-state index contributed by atoms with van der Waals surface area (Å²) in [5.41, 5.74) is 2.20. The van der Waals surface area contributed by atoms with Gasteiger partial charge >= 0.3 is 0 Å². The van der Waals surface area contributed by atoms with Crippen molar-refractivity contribution in [3.8, 4) is 0 Å². The molecule has 2 heterocycles. The minimum Gasteiger partial charge on any atom is -0.328 e. The monoisotopic (exact) mass is 446 g/mol. The molecule has 0 radical (unpaired) electrons. The molecule has 2 nitrogen and oxygen atoms in total. The lowest BCUT2D eigenvalue weighted by Gasteiger charge is -2.08. The normalized spacial score (nSPS) is 11.4. The molecule has 6 heteroatoms. The number of imidazole rings is 1. The van der Waals surface area contributed by atoms with Crippen LogP contribution in [0.5, 0.6) is 0 Å². The Labute approximate surface area is 149 Å². The largest absolute Gasteiger partial charge is 0.328 e. The molecule has 21 heavy (non-hydrogen) atoms. The van der Waals surface area contributed by atoms with Gasteiger partial charge in [-0.3, -0.25) is 0 Å². The first-order valence-corrected chi connectivity index (χ1v) is 9.56. The molecule has 0 bridgehead atoms. The van der Waals surface area contributed by atoms with E-state index >= 15 is 0 Å². The fourth-order valence-corrected chi connectivity index (χ4v) is 4.37. The van der Waals surface area contributed by atoms with Crippen LogP contribution < -0.4 is 0 Å². The first kappa shape index (κ1) is 15.5. The van der Waals surface area contributed by atoms with E-state index in [1.807, 2.05) is 6.07 Å². The molecule has 0 saturated heterocycles. The molecule has 110 valence electrons. The summed E-state index contributed by atoms with van der Waals surface area (Å²) in [6.45, 7) is 0.923. The number of rotatable bonds is 5. The third kappa shape index (κ3) is 3.52. The molecule has 0 saturated carbocycles. The molecular formula is C15H13Br2ClN2S. The number of thiophene rings is 1. The second-order valence-corrected chi connectivity index (χ2v) is 8.55. The van der Waals surface area contributed by atoms with Crippen molar-refractivity contribution in [2.75, 3.05) is 5.88 Å². The van der Waals surface area contributed by atoms with Gasteiger partial charge in [-0.2, -0.15) is 0 Å². The molecule has 0 aliphatic heterocycles. The van der Waals surface area contributed by atoms with Gasteiger partial charge in [-0.25, -0.2) is 4.98 Å². The Balaban J connectivity index is 1.94. The summed E-state index contributed by atoms with van der Waals surface area (Å²) in [5.74, 6) is 1.66. The highest BCUT2D eigenvalue weighted by atomic mass is 79.9. The standard InChI is InChI=1S/C15H13Br2ClN2S/c16-10-1-3-12-13(9-10)20(15(19-12)5-7-18)8-6-11-2-4-14(17)21-11/h1-4,9H,5-8H2. The summed E-state index contributed by atoms with van der Waals surface area (Å²) in [7, 11) is 0. The van der Waals surface area contributed by atoms with Crippen molar-refractivity contribution in [1.82, 2.24) is 9.55 Å². The van der Waals surface area contributed by atoms with E-state index in [9.17, 15) is 0 Å². The predicted octanol–water partition coefficient (Wildman–Crippen LogP) is 5.65. The maximum atomic E-state index is 5.92. The Morgan fingerprint density at radius 2 is 2.00 bits per heavy atom. The fourth-order valence-electron chi connectivity index (χ4n) is 2.38. The molecule has 0 unspecified atom stereocenters. The summed E-state index contributed by atoms with van der Waals surface area (Å²) in [5, 5.41) is 0. The summed E-state index contributed by atoms with van der Waals surface area (Å²) >= 11 is 14.8. The lowest BCUT2D eigenvalue weighted by molar-refractivity contribution is 0.679. The number of aromatic nitrogens is 2. The van der Waals surface area contributed by atoms with Crippen LogP contribution in [-0.2, 0) is 19.4 Å². The summed E-state index contributed by atoms with van der Waals surface area (Å²) in [6, 6.07) is 10.5. The Bertz CT molecular complexity index is 766. The van der Waals surface area contributed by atoms with E-state index in [2.05, 4.69) is 60.7 Å². The number of hydrogen-bond acceptors (Lipinski definition) is 2. The van der Waals surface area contributed by atoms with Crippen molar-refractivity contribution in [3.05, 3.63) is 49.3 Å². The molecule has 2 aromatic heterocycles. The molecule has 3 rings (SSSR count). The van der Waals surface area contributed by atoms with E-state index in [4.69, 9.17) is 16.6 Å². The molecule has 3 aromatic rings. The van der Waals surface area contributed by atoms with Crippen molar-refractivity contribution in [1.29, 1.82) is 0 Å². The lowest BCUT2D eigenvalue weighted by atomic mass is 10.3. The first-order valence-electron chi connectivity index (χ1n) is 6.62. The van der Waals surface area contributed by atoms with E-state index in [1.54, 1.807) is 11.3 Å². The van der Waals surface area contributed by atoms with Gasteiger partial charge < -0.3 is 4.57 Å². The number of alkyl halides is 1. The third-order valence-corrected chi connectivity index (χ3v) is 5.68. The van der Waals surface area contributed by atoms with Crippen LogP contribution in [0.2, 0.25) is 0 Å². The molecule has 0 fully saturated rings. The molecule has 0 spiro atoms. The zero-order valence-electron chi connectivity index (χ0n) is 11.2. The van der Waals surface area contributed by atoms with Gasteiger partial charge in [-0.15, -0.1) is 22.9 Å². The van der Waals surface area contributed by atoms with Crippen molar-refractivity contribution in [3.63, 3.8) is 0 Å². The maximum Gasteiger partial charge on any atom is 0.111 e. The van der Waals surface area contributed by atoms with Gasteiger partial charge in [0, 0.05) is 28.2 Å². The number of hydrogen-bond donors (Lipinski definition) is 0. The van der Waals surface area contributed by atoms with Crippen LogP contribution in [0.1, 0.15) is 10.7 Å². The zero-order valence-corrected chi connectivity index (χ0v) is 15.9. The van der Waals surface area contributed by atoms with Crippen molar-refractivity contribution in [2.24, 2.45) is 0 Å². The Hall–Kier alpha value is -0.360. The predicted molar refractivity (Wildman–Crippen MR) is 97.6 cm³/mol. The van der Waals surface area contributed by atoms with E-state index < -0.39 is 0 Å². The van der Waals surface area contributed by atoms with Gasteiger partial charge in [-0.1, -0.05) is 15.9 Å². The number of aryl methyl sites for hydroxylation is 3. The molecule has 1 aromatic carbocycles. The van der Waals surface area contributed by atoms with Crippen LogP contribution in [0, 0.1) is 0 Å². The van der Waals surface area contributed by atoms with Crippen LogP contribution in [0.4, 0.5) is 0 Å². The van der Waals surface area contributed by atoms with E-state index in [0.29, 0.717) is 5.88 Å². The van der Waals surface area contributed by atoms with Gasteiger partial charge in [0.15, 0.2) is 0 Å². The molecule has 0 N–H and O–H groups in total. The quantitative estimate of drug-likeness (QED) is 0.462. The highest BCUT2D eigenvalue weighted by molar-refractivity contribution is 9.11. The molecule has 0 aliphatic rings. The average Bonchev–Trinajstić information content (AvgIpc) is 3.01. The van der Waals surface area contributed by atoms with Gasteiger partial charge in [0.2, 0.25) is 0 Å².